The number of benzene rings is 1. The van der Waals surface area contributed by atoms with E-state index in [1.54, 1.807) is 24.3 Å². The Balaban J connectivity index is 2.28. The average Bonchev–Trinajstić information content (AvgIpc) is 2.53. The Morgan fingerprint density at radius 3 is 2.55 bits per heavy atom. The quantitative estimate of drug-likeness (QED) is 0.826. The van der Waals surface area contributed by atoms with E-state index < -0.39 is 27.7 Å². The van der Waals surface area contributed by atoms with Crippen LogP contribution in [0.4, 0.5) is 4.39 Å². The van der Waals surface area contributed by atoms with Crippen molar-refractivity contribution in [3.63, 3.8) is 0 Å². The van der Waals surface area contributed by atoms with E-state index in [-0.39, 0.29) is 11.4 Å². The molecule has 0 saturated carbocycles. The second-order valence-electron chi connectivity index (χ2n) is 4.64. The molecule has 0 amide bonds. The van der Waals surface area contributed by atoms with Crippen LogP contribution in [0.1, 0.15) is 23.0 Å². The van der Waals surface area contributed by atoms with Crippen molar-refractivity contribution in [2.24, 2.45) is 0 Å². The molecule has 2 aromatic rings. The number of carbonyl (C=O) groups excluding carboxylic acids is 1. The molecule has 2 rings (SSSR count). The van der Waals surface area contributed by atoms with Gasteiger partial charge in [-0.05, 0) is 24.6 Å². The predicted molar refractivity (Wildman–Crippen MR) is 79.6 cm³/mol. The van der Waals surface area contributed by atoms with Gasteiger partial charge < -0.3 is 0 Å². The number of hydrogen-bond acceptors (Lipinski definition) is 4. The Bertz CT molecular complexity index is 761. The first-order valence-corrected chi connectivity index (χ1v) is 8.07. The van der Waals surface area contributed by atoms with Gasteiger partial charge in [-0.2, -0.15) is 0 Å². The maximum Gasteiger partial charge on any atom is 0.243 e. The van der Waals surface area contributed by atoms with Crippen LogP contribution in [0.5, 0.6) is 0 Å². The highest BCUT2D eigenvalue weighted by Gasteiger charge is 2.26. The van der Waals surface area contributed by atoms with Gasteiger partial charge in [0.25, 0.3) is 0 Å². The van der Waals surface area contributed by atoms with Crippen LogP contribution in [0.15, 0.2) is 53.6 Å². The van der Waals surface area contributed by atoms with Gasteiger partial charge in [-0.1, -0.05) is 30.3 Å². The third kappa shape index (κ3) is 3.75. The molecule has 22 heavy (non-hydrogen) atoms. The molecule has 116 valence electrons. The molecular formula is C15H15FN2O3S. The van der Waals surface area contributed by atoms with Crippen molar-refractivity contribution in [3.8, 4) is 0 Å². The predicted octanol–water partition coefficient (Wildman–Crippen LogP) is 2.10. The van der Waals surface area contributed by atoms with E-state index in [1.165, 1.54) is 18.3 Å². The Hall–Kier alpha value is -2.12. The molecule has 5 nitrogen and oxygen atoms in total. The number of sulfonamides is 1. The first-order valence-electron chi connectivity index (χ1n) is 6.58. The van der Waals surface area contributed by atoms with Crippen LogP contribution in [0.25, 0.3) is 0 Å². The van der Waals surface area contributed by atoms with Gasteiger partial charge in [0.05, 0.1) is 0 Å². The molecule has 0 spiro atoms. The molecule has 0 radical (unpaired) electrons. The summed E-state index contributed by atoms with van der Waals surface area (Å²) in [6.45, 7) is 1.11. The molecule has 1 N–H and O–H groups in total. The van der Waals surface area contributed by atoms with Crippen LogP contribution in [0.3, 0.4) is 0 Å². The van der Waals surface area contributed by atoms with Gasteiger partial charge >= 0.3 is 0 Å². The molecule has 1 aromatic carbocycles. The molecule has 1 unspecified atom stereocenters. The van der Waals surface area contributed by atoms with Gasteiger partial charge in [-0.25, -0.2) is 17.5 Å². The molecule has 1 atom stereocenters. The van der Waals surface area contributed by atoms with Crippen LogP contribution < -0.4 is 4.72 Å². The summed E-state index contributed by atoms with van der Waals surface area (Å²) in [6, 6.07) is 11.5. The van der Waals surface area contributed by atoms with Crippen molar-refractivity contribution in [2.45, 2.75) is 24.5 Å². The zero-order valence-corrected chi connectivity index (χ0v) is 12.7. The maximum atomic E-state index is 13.2. The number of ketones is 1. The molecule has 7 heteroatoms. The summed E-state index contributed by atoms with van der Waals surface area (Å²) in [6.07, 6.45) is -0.566. The van der Waals surface area contributed by atoms with Crippen molar-refractivity contribution in [1.82, 2.24) is 9.71 Å². The fraction of sp³-hybridized carbons (Fsp3) is 0.200. The first-order chi connectivity index (χ1) is 10.4. The summed E-state index contributed by atoms with van der Waals surface area (Å²) < 4.78 is 40.2. The Kier molecular flexibility index (Phi) is 4.99. The van der Waals surface area contributed by atoms with Crippen molar-refractivity contribution in [1.29, 1.82) is 0 Å². The summed E-state index contributed by atoms with van der Waals surface area (Å²) in [7, 11) is -3.97. The zero-order valence-electron chi connectivity index (χ0n) is 11.9. The highest BCUT2D eigenvalue weighted by Crippen LogP contribution is 2.16. The van der Waals surface area contributed by atoms with Crippen LogP contribution >= 0.6 is 0 Å². The molecule has 0 saturated heterocycles. The lowest BCUT2D eigenvalue weighted by Gasteiger charge is -2.10. The van der Waals surface area contributed by atoms with Crippen molar-refractivity contribution in [3.05, 3.63) is 59.9 Å². The zero-order chi connectivity index (χ0) is 16.2. The molecule has 0 aliphatic rings. The minimum absolute atomic E-state index is 0.0663. The Labute approximate surface area is 128 Å². The minimum atomic E-state index is -3.97. The Morgan fingerprint density at radius 2 is 1.91 bits per heavy atom. The third-order valence-corrected chi connectivity index (χ3v) is 4.40. The fourth-order valence-electron chi connectivity index (χ4n) is 1.83. The van der Waals surface area contributed by atoms with Crippen LogP contribution in [0, 0.1) is 0 Å². The molecule has 1 heterocycles. The number of nitrogens with one attached hydrogen (secondary N) is 1. The summed E-state index contributed by atoms with van der Waals surface area (Å²) in [5.74, 6) is -0.958. The smallest absolute Gasteiger partial charge is 0.243 e. The van der Waals surface area contributed by atoms with Gasteiger partial charge in [0.2, 0.25) is 15.8 Å². The van der Waals surface area contributed by atoms with Gasteiger partial charge in [-0.15, -0.1) is 0 Å². The number of aromatic nitrogens is 1. The van der Waals surface area contributed by atoms with Gasteiger partial charge in [0.15, 0.2) is 6.17 Å². The number of hydrogen-bond donors (Lipinski definition) is 1. The topological polar surface area (TPSA) is 76.1 Å². The number of pyridine rings is 1. The Morgan fingerprint density at radius 1 is 1.23 bits per heavy atom. The molecule has 0 aliphatic heterocycles. The minimum Gasteiger partial charge on any atom is -0.289 e. The lowest BCUT2D eigenvalue weighted by Crippen LogP contribution is -2.27. The van der Waals surface area contributed by atoms with Crippen molar-refractivity contribution < 1.29 is 17.6 Å². The SMILES string of the molecule is CC(F)C(=O)c1ncccc1S(=O)(=O)NCc1ccccc1. The molecule has 0 aliphatic carbocycles. The third-order valence-electron chi connectivity index (χ3n) is 2.96. The van der Waals surface area contributed by atoms with Crippen molar-refractivity contribution >= 4 is 15.8 Å². The summed E-state index contributed by atoms with van der Waals surface area (Å²) in [5, 5.41) is 0. The van der Waals surface area contributed by atoms with E-state index in [4.69, 9.17) is 0 Å². The summed E-state index contributed by atoms with van der Waals surface area (Å²) >= 11 is 0. The highest BCUT2D eigenvalue weighted by atomic mass is 32.2. The number of rotatable bonds is 6. The average molecular weight is 322 g/mol. The van der Waals surface area contributed by atoms with E-state index in [0.29, 0.717) is 0 Å². The van der Waals surface area contributed by atoms with E-state index in [1.807, 2.05) is 6.07 Å². The van der Waals surface area contributed by atoms with Gasteiger partial charge in [0.1, 0.15) is 10.6 Å². The summed E-state index contributed by atoms with van der Waals surface area (Å²) in [5.41, 5.74) is 0.375. The molecular weight excluding hydrogens is 307 g/mol. The van der Waals surface area contributed by atoms with E-state index in [2.05, 4.69) is 9.71 Å². The van der Waals surface area contributed by atoms with Crippen LogP contribution in [-0.2, 0) is 16.6 Å². The molecule has 1 aromatic heterocycles. The normalized spacial score (nSPS) is 12.8. The van der Waals surface area contributed by atoms with Crippen molar-refractivity contribution in [2.75, 3.05) is 0 Å². The summed E-state index contributed by atoms with van der Waals surface area (Å²) in [4.78, 5) is 15.1. The first kappa shape index (κ1) is 16.3. The van der Waals surface area contributed by atoms with Gasteiger partial charge in [0, 0.05) is 12.7 Å². The number of nitrogens with zero attached hydrogens (tertiary/aromatic N) is 1. The number of carbonyl (C=O) groups is 1. The van der Waals surface area contributed by atoms with E-state index in [9.17, 15) is 17.6 Å². The largest absolute Gasteiger partial charge is 0.289 e. The molecule has 0 fully saturated rings. The second-order valence-corrected chi connectivity index (χ2v) is 6.38. The van der Waals surface area contributed by atoms with Gasteiger partial charge in [-0.3, -0.25) is 9.78 Å². The lowest BCUT2D eigenvalue weighted by atomic mass is 10.2. The number of alkyl halides is 1. The monoisotopic (exact) mass is 322 g/mol. The number of halogens is 1. The maximum absolute atomic E-state index is 13.2. The lowest BCUT2D eigenvalue weighted by molar-refractivity contribution is 0.0884. The fourth-order valence-corrected chi connectivity index (χ4v) is 3.01. The van der Waals surface area contributed by atoms with E-state index >= 15 is 0 Å². The molecule has 0 bridgehead atoms. The standard InChI is InChI=1S/C15H15FN2O3S/c1-11(16)15(19)14-13(8-5-9-17-14)22(20,21)18-10-12-6-3-2-4-7-12/h2-9,11,18H,10H2,1H3. The second kappa shape index (κ2) is 6.76. The highest BCUT2D eigenvalue weighted by molar-refractivity contribution is 7.89. The van der Waals surface area contributed by atoms with Crippen LogP contribution in [0.2, 0.25) is 0 Å². The van der Waals surface area contributed by atoms with E-state index in [0.717, 1.165) is 12.5 Å². The number of Topliss-reactive ketones (excluding diaryl/α,β-unsaturated/α-hetero) is 1. The van der Waals surface area contributed by atoms with Crippen LogP contribution in [-0.4, -0.2) is 25.4 Å².